The summed E-state index contributed by atoms with van der Waals surface area (Å²) in [5.74, 6) is 1.37. The molecule has 5 nitrogen and oxygen atoms in total. The van der Waals surface area contributed by atoms with Gasteiger partial charge in [0.1, 0.15) is 17.2 Å². The number of ether oxygens (including phenoxy) is 2. The van der Waals surface area contributed by atoms with Crippen LogP contribution in [0.25, 0.3) is 16.8 Å². The second-order valence-corrected chi connectivity index (χ2v) is 6.07. The van der Waals surface area contributed by atoms with Gasteiger partial charge in [0.05, 0.1) is 14.2 Å². The number of methoxy groups -OCH3 is 2. The predicted octanol–water partition coefficient (Wildman–Crippen LogP) is 3.32. The first-order valence-corrected chi connectivity index (χ1v) is 8.49. The smallest absolute Gasteiger partial charge is 0.276 e. The number of hydrogen-bond acceptors (Lipinski definition) is 4. The van der Waals surface area contributed by atoms with E-state index in [1.165, 1.54) is 0 Å². The van der Waals surface area contributed by atoms with Gasteiger partial charge in [-0.2, -0.15) is 0 Å². The Balaban J connectivity index is 2.14. The number of amides is 1. The Bertz CT molecular complexity index is 876. The van der Waals surface area contributed by atoms with E-state index in [9.17, 15) is 4.79 Å². The number of carbonyl (C=O) groups is 1. The second-order valence-electron chi connectivity index (χ2n) is 5.68. The van der Waals surface area contributed by atoms with Crippen LogP contribution < -0.4 is 14.8 Å². The van der Waals surface area contributed by atoms with Crippen LogP contribution in [-0.2, 0) is 4.79 Å². The minimum atomic E-state index is -0.106. The lowest BCUT2D eigenvalue weighted by molar-refractivity contribution is -0.122. The van der Waals surface area contributed by atoms with Gasteiger partial charge in [-0.05, 0) is 42.4 Å². The minimum absolute atomic E-state index is 0.106. The zero-order valence-electron chi connectivity index (χ0n) is 14.5. The van der Waals surface area contributed by atoms with Gasteiger partial charge in [0, 0.05) is 17.3 Å². The molecule has 130 valence electrons. The Hall–Kier alpha value is -2.60. The lowest BCUT2D eigenvalue weighted by Gasteiger charge is -2.12. The lowest BCUT2D eigenvalue weighted by Crippen LogP contribution is -2.31. The van der Waals surface area contributed by atoms with E-state index in [4.69, 9.17) is 21.7 Å². The van der Waals surface area contributed by atoms with E-state index in [-0.39, 0.29) is 5.91 Å². The van der Waals surface area contributed by atoms with Gasteiger partial charge in [-0.15, -0.1) is 0 Å². The van der Waals surface area contributed by atoms with Gasteiger partial charge in [-0.25, -0.2) is 0 Å². The van der Waals surface area contributed by atoms with Crippen molar-refractivity contribution in [1.29, 1.82) is 0 Å². The van der Waals surface area contributed by atoms with Crippen LogP contribution in [0.5, 0.6) is 11.5 Å². The first kappa shape index (κ1) is 17.2. The van der Waals surface area contributed by atoms with Crippen molar-refractivity contribution in [2.75, 3.05) is 20.8 Å². The Labute approximate surface area is 152 Å². The minimum Gasteiger partial charge on any atom is -0.496 e. The van der Waals surface area contributed by atoms with Gasteiger partial charge >= 0.3 is 0 Å². The third-order valence-corrected chi connectivity index (χ3v) is 4.47. The number of nitrogens with zero attached hydrogens (tertiary/aromatic N) is 1. The number of thiocarbonyl (C=S) groups is 1. The van der Waals surface area contributed by atoms with Crippen LogP contribution in [0.2, 0.25) is 0 Å². The summed E-state index contributed by atoms with van der Waals surface area (Å²) < 4.78 is 11.0. The summed E-state index contributed by atoms with van der Waals surface area (Å²) in [6.45, 7) is 2.62. The molecule has 0 saturated carbocycles. The largest absolute Gasteiger partial charge is 0.496 e. The zero-order valence-corrected chi connectivity index (χ0v) is 15.3. The highest BCUT2D eigenvalue weighted by Crippen LogP contribution is 2.36. The first-order chi connectivity index (χ1) is 12.1. The van der Waals surface area contributed by atoms with E-state index in [0.717, 1.165) is 34.3 Å². The number of rotatable bonds is 5. The average molecular weight is 356 g/mol. The van der Waals surface area contributed by atoms with E-state index in [1.807, 2.05) is 43.3 Å². The number of fused-ring (bicyclic) bond motifs is 1. The molecule has 0 aromatic heterocycles. The normalized spacial score (nSPS) is 15.8. The summed E-state index contributed by atoms with van der Waals surface area (Å²) in [5.41, 5.74) is 1.33. The molecule has 1 N–H and O–H groups in total. The van der Waals surface area contributed by atoms with Crippen molar-refractivity contribution in [2.45, 2.75) is 13.3 Å². The number of hydrogen-bond donors (Lipinski definition) is 1. The van der Waals surface area contributed by atoms with Crippen LogP contribution in [-0.4, -0.2) is 36.7 Å². The molecule has 0 unspecified atom stereocenters. The quantitative estimate of drug-likeness (QED) is 0.658. The molecule has 1 saturated heterocycles. The topological polar surface area (TPSA) is 50.8 Å². The molecule has 1 fully saturated rings. The molecule has 1 heterocycles. The van der Waals surface area contributed by atoms with Crippen LogP contribution in [0.3, 0.4) is 0 Å². The molecule has 2 aromatic carbocycles. The third kappa shape index (κ3) is 3.05. The average Bonchev–Trinajstić information content (AvgIpc) is 2.89. The first-order valence-electron chi connectivity index (χ1n) is 8.09. The van der Waals surface area contributed by atoms with Crippen LogP contribution in [0.4, 0.5) is 0 Å². The standard InChI is InChI=1S/C19H20N2O3S/c1-4-10-21-18(22)14(20-19(21)25)11-12-8-9-15(23-2)13-6-5-7-16(24-3)17(12)13/h5-9,11H,4,10H2,1-3H3,(H,20,25)/b14-11-. The van der Waals surface area contributed by atoms with E-state index >= 15 is 0 Å². The monoisotopic (exact) mass is 356 g/mol. The maximum Gasteiger partial charge on any atom is 0.276 e. The summed E-state index contributed by atoms with van der Waals surface area (Å²) in [6, 6.07) is 9.57. The van der Waals surface area contributed by atoms with E-state index in [2.05, 4.69) is 5.32 Å². The number of benzene rings is 2. The van der Waals surface area contributed by atoms with Gasteiger partial charge in [-0.1, -0.05) is 25.1 Å². The molecule has 0 bridgehead atoms. The van der Waals surface area contributed by atoms with Crippen LogP contribution in [0.1, 0.15) is 18.9 Å². The van der Waals surface area contributed by atoms with Crippen molar-refractivity contribution in [2.24, 2.45) is 0 Å². The number of nitrogens with one attached hydrogen (secondary N) is 1. The molecule has 1 aliphatic heterocycles. The molecule has 2 aromatic rings. The van der Waals surface area contributed by atoms with Gasteiger partial charge in [0.15, 0.2) is 5.11 Å². The highest BCUT2D eigenvalue weighted by molar-refractivity contribution is 7.80. The molecule has 1 amide bonds. The molecule has 0 aliphatic carbocycles. The highest BCUT2D eigenvalue weighted by Gasteiger charge is 2.30. The molecule has 6 heteroatoms. The maximum atomic E-state index is 12.6. The SMILES string of the molecule is CCCN1C(=O)/C(=C/c2ccc(OC)c3cccc(OC)c23)NC1=S. The Morgan fingerprint density at radius 3 is 2.60 bits per heavy atom. The van der Waals surface area contributed by atoms with Gasteiger partial charge in [0.25, 0.3) is 5.91 Å². The molecule has 0 radical (unpaired) electrons. The fraction of sp³-hybridized carbons (Fsp3) is 0.263. The van der Waals surface area contributed by atoms with E-state index in [0.29, 0.717) is 17.4 Å². The Morgan fingerprint density at radius 2 is 1.92 bits per heavy atom. The lowest BCUT2D eigenvalue weighted by atomic mass is 10.0. The van der Waals surface area contributed by atoms with Crippen molar-refractivity contribution < 1.29 is 14.3 Å². The number of carbonyl (C=O) groups excluding carboxylic acids is 1. The third-order valence-electron chi connectivity index (χ3n) is 4.14. The summed E-state index contributed by atoms with van der Waals surface area (Å²) in [5, 5.41) is 5.28. The Morgan fingerprint density at radius 1 is 1.16 bits per heavy atom. The van der Waals surface area contributed by atoms with Gasteiger partial charge < -0.3 is 14.8 Å². The molecule has 3 rings (SSSR count). The van der Waals surface area contributed by atoms with Crippen molar-refractivity contribution in [3.8, 4) is 11.5 Å². The van der Waals surface area contributed by atoms with E-state index in [1.54, 1.807) is 19.1 Å². The fourth-order valence-electron chi connectivity index (χ4n) is 2.99. The van der Waals surface area contributed by atoms with Crippen molar-refractivity contribution in [3.63, 3.8) is 0 Å². The zero-order chi connectivity index (χ0) is 18.0. The summed E-state index contributed by atoms with van der Waals surface area (Å²) >= 11 is 5.27. The van der Waals surface area contributed by atoms with Crippen LogP contribution >= 0.6 is 12.2 Å². The molecule has 0 atom stereocenters. The summed E-state index contributed by atoms with van der Waals surface area (Å²) in [4.78, 5) is 14.2. The van der Waals surface area contributed by atoms with Crippen molar-refractivity contribution in [3.05, 3.63) is 41.6 Å². The molecule has 25 heavy (non-hydrogen) atoms. The summed E-state index contributed by atoms with van der Waals surface area (Å²) in [7, 11) is 3.26. The molecule has 0 spiro atoms. The molecular weight excluding hydrogens is 336 g/mol. The Kier molecular flexibility index (Phi) is 4.90. The molecule has 1 aliphatic rings. The summed E-state index contributed by atoms with van der Waals surface area (Å²) in [6.07, 6.45) is 2.66. The van der Waals surface area contributed by atoms with E-state index < -0.39 is 0 Å². The highest BCUT2D eigenvalue weighted by atomic mass is 32.1. The maximum absolute atomic E-state index is 12.6. The fourth-order valence-corrected chi connectivity index (χ4v) is 3.28. The van der Waals surface area contributed by atoms with Crippen molar-refractivity contribution >= 4 is 40.1 Å². The van der Waals surface area contributed by atoms with Gasteiger partial charge in [0.2, 0.25) is 0 Å². The van der Waals surface area contributed by atoms with Crippen LogP contribution in [0, 0.1) is 0 Å². The predicted molar refractivity (Wildman–Crippen MR) is 103 cm³/mol. The second kappa shape index (κ2) is 7.11. The van der Waals surface area contributed by atoms with Crippen LogP contribution in [0.15, 0.2) is 36.0 Å². The van der Waals surface area contributed by atoms with Gasteiger partial charge in [-0.3, -0.25) is 9.69 Å². The molecular formula is C19H20N2O3S. The van der Waals surface area contributed by atoms with Crippen molar-refractivity contribution in [1.82, 2.24) is 10.2 Å².